The summed E-state index contributed by atoms with van der Waals surface area (Å²) in [6.45, 7) is 1.68. The van der Waals surface area contributed by atoms with Crippen LogP contribution in [-0.4, -0.2) is 59.7 Å². The second-order valence-corrected chi connectivity index (χ2v) is 8.37. The molecular formula is C22H27ClN4O4. The van der Waals surface area contributed by atoms with Crippen molar-refractivity contribution in [2.24, 2.45) is 0 Å². The van der Waals surface area contributed by atoms with E-state index in [1.807, 2.05) is 12.1 Å². The van der Waals surface area contributed by atoms with Gasteiger partial charge in [-0.05, 0) is 39.3 Å². The maximum Gasteiger partial charge on any atom is 0.239 e. The number of hydrogen-bond donors (Lipinski definition) is 1. The Balaban J connectivity index is 1.72. The number of nitrogens with zero attached hydrogens (tertiary/aromatic N) is 3. The molecule has 166 valence electrons. The first-order valence-corrected chi connectivity index (χ1v) is 10.6. The molecular weight excluding hydrogens is 420 g/mol. The summed E-state index contributed by atoms with van der Waals surface area (Å²) in [6.07, 6.45) is 2.55. The van der Waals surface area contributed by atoms with Crippen LogP contribution < -0.4 is 5.32 Å². The van der Waals surface area contributed by atoms with E-state index >= 15 is 0 Å². The number of anilines is 1. The van der Waals surface area contributed by atoms with Crippen molar-refractivity contribution >= 4 is 35.0 Å². The Labute approximate surface area is 186 Å². The lowest BCUT2D eigenvalue weighted by molar-refractivity contribution is -0.148. The molecule has 1 aliphatic carbocycles. The Morgan fingerprint density at radius 3 is 2.61 bits per heavy atom. The number of rotatable bonds is 7. The maximum atomic E-state index is 13.2. The Hall–Kier alpha value is -2.71. The van der Waals surface area contributed by atoms with E-state index in [0.29, 0.717) is 35.0 Å². The Morgan fingerprint density at radius 1 is 1.23 bits per heavy atom. The summed E-state index contributed by atoms with van der Waals surface area (Å²) in [4.78, 5) is 41.6. The molecule has 2 amide bonds. The average molecular weight is 447 g/mol. The highest BCUT2D eigenvalue weighted by Gasteiger charge is 2.47. The van der Waals surface area contributed by atoms with Gasteiger partial charge < -0.3 is 14.7 Å². The zero-order valence-corrected chi connectivity index (χ0v) is 18.7. The van der Waals surface area contributed by atoms with E-state index < -0.39 is 5.54 Å². The average Bonchev–Trinajstić information content (AvgIpc) is 3.12. The summed E-state index contributed by atoms with van der Waals surface area (Å²) in [7, 11) is 3.31. The van der Waals surface area contributed by atoms with Gasteiger partial charge in [-0.25, -0.2) is 0 Å². The van der Waals surface area contributed by atoms with Crippen LogP contribution >= 0.6 is 11.6 Å². The van der Waals surface area contributed by atoms with E-state index in [4.69, 9.17) is 16.1 Å². The molecule has 1 saturated carbocycles. The van der Waals surface area contributed by atoms with Crippen molar-refractivity contribution < 1.29 is 18.9 Å². The van der Waals surface area contributed by atoms with Gasteiger partial charge in [0, 0.05) is 30.1 Å². The lowest BCUT2D eigenvalue weighted by Gasteiger charge is -2.44. The van der Waals surface area contributed by atoms with Crippen LogP contribution in [0.2, 0.25) is 5.02 Å². The molecule has 9 heteroatoms. The fraction of sp³-hybridized carbons (Fsp3) is 0.455. The van der Waals surface area contributed by atoms with Crippen molar-refractivity contribution in [3.05, 3.63) is 46.7 Å². The van der Waals surface area contributed by atoms with Crippen molar-refractivity contribution in [3.63, 3.8) is 0 Å². The van der Waals surface area contributed by atoms with Crippen LogP contribution in [0.4, 0.5) is 5.82 Å². The molecule has 0 unspecified atom stereocenters. The molecule has 1 N–H and O–H groups in total. The first kappa shape index (κ1) is 23.0. The molecule has 8 nitrogen and oxygen atoms in total. The number of likely N-dealkylation sites (N-methyl/N-ethyl adjacent to an activating group) is 2. The topological polar surface area (TPSA) is 95.8 Å². The van der Waals surface area contributed by atoms with Gasteiger partial charge in [0.05, 0.1) is 13.1 Å². The van der Waals surface area contributed by atoms with Gasteiger partial charge in [0.25, 0.3) is 0 Å². The third-order valence-corrected chi connectivity index (χ3v) is 5.96. The van der Waals surface area contributed by atoms with Gasteiger partial charge in [-0.1, -0.05) is 35.0 Å². The lowest BCUT2D eigenvalue weighted by atomic mass is 9.74. The Morgan fingerprint density at radius 2 is 1.97 bits per heavy atom. The summed E-state index contributed by atoms with van der Waals surface area (Å²) in [5.41, 5.74) is -0.436. The molecule has 1 heterocycles. The second kappa shape index (κ2) is 9.62. The van der Waals surface area contributed by atoms with Crippen molar-refractivity contribution in [2.75, 3.05) is 32.5 Å². The number of Topliss-reactive ketones (excluding diaryl/α,β-unsaturated/α-hetero) is 1. The predicted octanol–water partition coefficient (Wildman–Crippen LogP) is 3.00. The van der Waals surface area contributed by atoms with Crippen molar-refractivity contribution in [2.45, 2.75) is 38.1 Å². The van der Waals surface area contributed by atoms with Crippen molar-refractivity contribution in [3.8, 4) is 0 Å². The normalized spacial score (nSPS) is 18.8. The maximum absolute atomic E-state index is 13.2. The summed E-state index contributed by atoms with van der Waals surface area (Å²) >= 11 is 6.45. The number of ketones is 1. The minimum atomic E-state index is -1.09. The summed E-state index contributed by atoms with van der Waals surface area (Å²) in [5, 5.41) is 6.81. The van der Waals surface area contributed by atoms with Gasteiger partial charge in [-0.3, -0.25) is 19.3 Å². The first-order valence-electron chi connectivity index (χ1n) is 10.2. The fourth-order valence-corrected chi connectivity index (χ4v) is 4.38. The fourth-order valence-electron chi connectivity index (χ4n) is 4.09. The van der Waals surface area contributed by atoms with Crippen LogP contribution in [-0.2, 0) is 19.9 Å². The molecule has 0 radical (unpaired) electrons. The van der Waals surface area contributed by atoms with Crippen LogP contribution in [0.5, 0.6) is 0 Å². The molecule has 1 aromatic carbocycles. The van der Waals surface area contributed by atoms with Crippen molar-refractivity contribution in [1.29, 1.82) is 0 Å². The number of hydrogen-bond acceptors (Lipinski definition) is 6. The van der Waals surface area contributed by atoms with E-state index in [0.717, 1.165) is 12.8 Å². The number of carbonyl (C=O) groups is 3. The molecule has 1 atom stereocenters. The minimum Gasteiger partial charge on any atom is -0.360 e. The molecule has 1 aliphatic rings. The zero-order chi connectivity index (χ0) is 22.6. The van der Waals surface area contributed by atoms with Gasteiger partial charge in [-0.15, -0.1) is 0 Å². The number of nitrogens with one attached hydrogen (secondary N) is 1. The standard InChI is InChI=1S/C22H27ClN4O4/c1-15-12-19(25-31-15)24-20(29)13-26(2)14-21(30)27(3)22(11-7-6-10-18(22)28)16-8-4-5-9-17(16)23/h4-5,8-9,12H,6-7,10-11,13-14H2,1-3H3,(H,24,25,29)/t22-/m0/s1. The van der Waals surface area contributed by atoms with Crippen LogP contribution in [0.3, 0.4) is 0 Å². The molecule has 0 spiro atoms. The largest absolute Gasteiger partial charge is 0.360 e. The molecule has 1 aromatic heterocycles. The zero-order valence-electron chi connectivity index (χ0n) is 18.0. The molecule has 2 aromatic rings. The Kier molecular flexibility index (Phi) is 7.12. The summed E-state index contributed by atoms with van der Waals surface area (Å²) in [5.74, 6) is 0.320. The predicted molar refractivity (Wildman–Crippen MR) is 117 cm³/mol. The molecule has 0 bridgehead atoms. The van der Waals surface area contributed by atoms with Gasteiger partial charge in [-0.2, -0.15) is 0 Å². The lowest BCUT2D eigenvalue weighted by Crippen LogP contribution is -2.56. The molecule has 31 heavy (non-hydrogen) atoms. The second-order valence-electron chi connectivity index (χ2n) is 7.97. The van der Waals surface area contributed by atoms with Gasteiger partial charge in [0.1, 0.15) is 11.3 Å². The summed E-state index contributed by atoms with van der Waals surface area (Å²) in [6, 6.07) is 8.79. The van der Waals surface area contributed by atoms with Crippen LogP contribution in [0.25, 0.3) is 0 Å². The highest BCUT2D eigenvalue weighted by Crippen LogP contribution is 2.42. The number of aryl methyl sites for hydroxylation is 1. The van der Waals surface area contributed by atoms with Gasteiger partial charge in [0.15, 0.2) is 11.6 Å². The van der Waals surface area contributed by atoms with E-state index in [-0.39, 0.29) is 30.7 Å². The van der Waals surface area contributed by atoms with Crippen LogP contribution in [0, 0.1) is 6.92 Å². The monoisotopic (exact) mass is 446 g/mol. The van der Waals surface area contributed by atoms with E-state index in [2.05, 4.69) is 10.5 Å². The van der Waals surface area contributed by atoms with E-state index in [1.165, 1.54) is 4.90 Å². The quantitative estimate of drug-likeness (QED) is 0.702. The van der Waals surface area contributed by atoms with Crippen molar-refractivity contribution in [1.82, 2.24) is 15.0 Å². The number of aromatic nitrogens is 1. The number of amides is 2. The van der Waals surface area contributed by atoms with Gasteiger partial charge >= 0.3 is 0 Å². The third-order valence-electron chi connectivity index (χ3n) is 5.63. The SMILES string of the molecule is Cc1cc(NC(=O)CN(C)CC(=O)N(C)[C@]2(c3ccccc3Cl)CCCCC2=O)no1. The molecule has 1 fully saturated rings. The van der Waals surface area contributed by atoms with Gasteiger partial charge in [0.2, 0.25) is 11.8 Å². The van der Waals surface area contributed by atoms with E-state index in [1.54, 1.807) is 44.1 Å². The third kappa shape index (κ3) is 4.97. The highest BCUT2D eigenvalue weighted by atomic mass is 35.5. The number of benzene rings is 1. The van der Waals surface area contributed by atoms with Crippen LogP contribution in [0.15, 0.2) is 34.9 Å². The van der Waals surface area contributed by atoms with E-state index in [9.17, 15) is 14.4 Å². The first-order chi connectivity index (χ1) is 14.7. The number of carbonyl (C=O) groups excluding carboxylic acids is 3. The molecule has 0 saturated heterocycles. The highest BCUT2D eigenvalue weighted by molar-refractivity contribution is 6.31. The summed E-state index contributed by atoms with van der Waals surface area (Å²) < 4.78 is 4.92. The molecule has 3 rings (SSSR count). The minimum absolute atomic E-state index is 0.00972. The van der Waals surface area contributed by atoms with Crippen LogP contribution in [0.1, 0.15) is 37.0 Å². The number of halogens is 1. The molecule has 0 aliphatic heterocycles. The smallest absolute Gasteiger partial charge is 0.239 e. The Bertz CT molecular complexity index is 976.